The van der Waals surface area contributed by atoms with E-state index < -0.39 is 29.6 Å². The summed E-state index contributed by atoms with van der Waals surface area (Å²) in [4.78, 5) is 55.5. The van der Waals surface area contributed by atoms with Gasteiger partial charge in [-0.05, 0) is 106 Å². The van der Waals surface area contributed by atoms with Crippen LogP contribution < -0.4 is 10.7 Å². The molecule has 350 valence electrons. The second-order valence-corrected chi connectivity index (χ2v) is 20.7. The van der Waals surface area contributed by atoms with E-state index in [4.69, 9.17) is 28.9 Å². The number of amides is 2. The van der Waals surface area contributed by atoms with Gasteiger partial charge in [0.1, 0.15) is 23.2 Å². The summed E-state index contributed by atoms with van der Waals surface area (Å²) in [5.41, 5.74) is 10.9. The number of hydrazine groups is 1. The van der Waals surface area contributed by atoms with Crippen LogP contribution in [0.25, 0.3) is 33.4 Å². The van der Waals surface area contributed by atoms with E-state index in [2.05, 4.69) is 92.2 Å². The number of benzene rings is 1. The van der Waals surface area contributed by atoms with Gasteiger partial charge in [0.25, 0.3) is 5.91 Å². The summed E-state index contributed by atoms with van der Waals surface area (Å²) in [6.07, 6.45) is 4.73. The van der Waals surface area contributed by atoms with Crippen LogP contribution in [0.2, 0.25) is 0 Å². The lowest BCUT2D eigenvalue weighted by molar-refractivity contribution is -0.156. The third kappa shape index (κ3) is 9.01. The van der Waals surface area contributed by atoms with E-state index in [0.29, 0.717) is 55.9 Å². The molecule has 7 heterocycles. The van der Waals surface area contributed by atoms with E-state index in [1.165, 1.54) is 21.9 Å². The van der Waals surface area contributed by atoms with Crippen LogP contribution in [0, 0.1) is 23.2 Å². The highest BCUT2D eigenvalue weighted by Gasteiger charge is 2.50. The van der Waals surface area contributed by atoms with E-state index in [-0.39, 0.29) is 42.3 Å². The van der Waals surface area contributed by atoms with E-state index >= 15 is 0 Å². The molecule has 9 atom stereocenters. The molecule has 2 unspecified atom stereocenters. The van der Waals surface area contributed by atoms with Crippen LogP contribution in [0.1, 0.15) is 114 Å². The molecule has 5 aliphatic rings. The molecule has 0 radical (unpaired) electrons. The Hall–Kier alpha value is -4.25. The van der Waals surface area contributed by atoms with Crippen molar-refractivity contribution >= 4 is 40.0 Å². The van der Waals surface area contributed by atoms with Gasteiger partial charge in [-0.15, -0.1) is 11.3 Å². The molecule has 3 saturated heterocycles. The number of fused-ring (bicyclic) bond motifs is 7. The number of nitrogens with zero attached hydrogens (tertiary/aromatic N) is 5. The lowest BCUT2D eigenvalue weighted by Gasteiger charge is -2.42. The van der Waals surface area contributed by atoms with Crippen LogP contribution in [0.15, 0.2) is 35.8 Å². The fourth-order valence-corrected chi connectivity index (χ4v) is 11.8. The van der Waals surface area contributed by atoms with Crippen molar-refractivity contribution in [1.82, 2.24) is 35.2 Å². The van der Waals surface area contributed by atoms with Gasteiger partial charge < -0.3 is 28.8 Å². The van der Waals surface area contributed by atoms with Crippen LogP contribution in [0.4, 0.5) is 0 Å². The number of methoxy groups -OCH3 is 1. The first kappa shape index (κ1) is 45.9. The number of carbonyl (C=O) groups is 3. The van der Waals surface area contributed by atoms with Gasteiger partial charge in [-0.3, -0.25) is 29.3 Å². The molecule has 4 fully saturated rings. The molecule has 3 aromatic heterocycles. The van der Waals surface area contributed by atoms with Crippen LogP contribution >= 0.6 is 11.3 Å². The van der Waals surface area contributed by atoms with Gasteiger partial charge in [0.15, 0.2) is 0 Å². The minimum absolute atomic E-state index is 0.163. The monoisotopic (exact) mass is 909 g/mol. The number of piperidine rings is 1. The highest BCUT2D eigenvalue weighted by Crippen LogP contribution is 2.47. The number of nitrogens with one attached hydrogen (secondary N) is 2. The van der Waals surface area contributed by atoms with Crippen molar-refractivity contribution in [2.45, 2.75) is 123 Å². The number of morpholine rings is 1. The molecular weight excluding hydrogens is 843 g/mol. The van der Waals surface area contributed by atoms with Crippen LogP contribution in [0.5, 0.6) is 0 Å². The van der Waals surface area contributed by atoms with Crippen molar-refractivity contribution in [3.05, 3.63) is 57.7 Å². The first-order valence-corrected chi connectivity index (χ1v) is 24.8. The SMILES string of the molecule is CCO[C@@H]1c2nc(cs2)-c2ccc3c(c2)c(c(-c2cc(C4CCN5CCOC[C@@H]5C4)cnc2[C@H](C)OC)n3CC)CC(C)(C)COC(=O)[C@@H]2CCCN(N2)C(=O)[C@H]1NC(=O)C1[C@@H](C)[C@H]1C. The van der Waals surface area contributed by atoms with Crippen molar-refractivity contribution < 1.29 is 33.3 Å². The summed E-state index contributed by atoms with van der Waals surface area (Å²) in [7, 11) is 1.74. The number of aromatic nitrogens is 3. The van der Waals surface area contributed by atoms with E-state index in [0.717, 1.165) is 83.8 Å². The number of esters is 1. The number of ether oxygens (including phenoxy) is 4. The minimum Gasteiger partial charge on any atom is -0.464 e. The molecule has 4 aliphatic heterocycles. The molecule has 4 aromatic rings. The minimum atomic E-state index is -1.08. The number of cyclic esters (lactones) is 1. The van der Waals surface area contributed by atoms with Gasteiger partial charge in [-0.25, -0.2) is 10.4 Å². The van der Waals surface area contributed by atoms with Gasteiger partial charge in [0.2, 0.25) is 5.91 Å². The highest BCUT2D eigenvalue weighted by molar-refractivity contribution is 7.10. The predicted molar refractivity (Wildman–Crippen MR) is 250 cm³/mol. The van der Waals surface area contributed by atoms with Gasteiger partial charge in [-0.2, -0.15) is 0 Å². The zero-order chi connectivity index (χ0) is 45.7. The van der Waals surface area contributed by atoms with Crippen molar-refractivity contribution in [3.8, 4) is 22.5 Å². The topological polar surface area (TPSA) is 149 Å². The molecule has 2 amide bonds. The van der Waals surface area contributed by atoms with E-state index in [1.807, 2.05) is 12.3 Å². The molecule has 1 aliphatic carbocycles. The number of rotatable bonds is 9. The molecule has 2 N–H and O–H groups in total. The van der Waals surface area contributed by atoms with Crippen molar-refractivity contribution in [1.29, 1.82) is 0 Å². The fraction of sp³-hybridized carbons (Fsp3) is 0.620. The Labute approximate surface area is 387 Å². The Balaban J connectivity index is 1.18. The van der Waals surface area contributed by atoms with Crippen molar-refractivity contribution in [2.75, 3.05) is 53.2 Å². The van der Waals surface area contributed by atoms with Gasteiger partial charge >= 0.3 is 5.97 Å². The zero-order valence-corrected chi connectivity index (χ0v) is 40.2. The van der Waals surface area contributed by atoms with Crippen molar-refractivity contribution in [2.24, 2.45) is 23.2 Å². The number of pyridine rings is 1. The molecule has 14 nitrogen and oxygen atoms in total. The number of thiazole rings is 1. The molecule has 65 heavy (non-hydrogen) atoms. The number of hydrogen-bond acceptors (Lipinski definition) is 12. The Morgan fingerprint density at radius 3 is 2.68 bits per heavy atom. The summed E-state index contributed by atoms with van der Waals surface area (Å²) < 4.78 is 27.0. The smallest absolute Gasteiger partial charge is 0.324 e. The van der Waals surface area contributed by atoms with E-state index in [1.54, 1.807) is 7.11 Å². The maximum Gasteiger partial charge on any atom is 0.324 e. The van der Waals surface area contributed by atoms with E-state index in [9.17, 15) is 14.4 Å². The third-order valence-electron chi connectivity index (χ3n) is 15.0. The van der Waals surface area contributed by atoms with Gasteiger partial charge in [0, 0.05) is 84.3 Å². The zero-order valence-electron chi connectivity index (χ0n) is 39.4. The summed E-state index contributed by atoms with van der Waals surface area (Å²) in [5, 5.41) is 8.27. The Kier molecular flexibility index (Phi) is 13.3. The standard InChI is InChI=1S/C50H67N7O7S/c1-9-56-40-14-13-32-21-35(40)37(44(56)36-22-33(24-51-42(36)30(5)61-8)31-15-17-55-18-19-62-25-34(55)20-31)23-50(6,7)27-64-49(60)38-12-11-16-57(54-38)48(59)43(53-46(58)41-28(3)29(41)4)45(63-10-2)47-52-39(32)26-65-47/h13-14,21-22,24,26,28-31,34,38,41,43,45,54H,9-12,15-20,23,25,27H2,1-8H3,(H,53,58)/t28-,29+,30-,31?,34-,38-,41?,43-,45-/m0/s1. The molecule has 1 saturated carbocycles. The normalized spacial score (nSPS) is 28.9. The fourth-order valence-electron chi connectivity index (χ4n) is 10.9. The lowest BCUT2D eigenvalue weighted by Crippen LogP contribution is -2.61. The molecule has 1 aromatic carbocycles. The maximum atomic E-state index is 14.6. The number of carbonyl (C=O) groups excluding carboxylic acids is 3. The third-order valence-corrected chi connectivity index (χ3v) is 15.9. The Bertz CT molecular complexity index is 2410. The average Bonchev–Trinajstić information content (AvgIpc) is 3.58. The molecule has 15 heteroatoms. The van der Waals surface area contributed by atoms with Gasteiger partial charge in [-0.1, -0.05) is 33.8 Å². The lowest BCUT2D eigenvalue weighted by atomic mass is 9.82. The second kappa shape index (κ2) is 18.8. The van der Waals surface area contributed by atoms with Crippen LogP contribution in [-0.4, -0.2) is 114 Å². The van der Waals surface area contributed by atoms with Crippen LogP contribution in [0.3, 0.4) is 0 Å². The maximum absolute atomic E-state index is 14.6. The second-order valence-electron chi connectivity index (χ2n) is 19.8. The quantitative estimate of drug-likeness (QED) is 0.164. The summed E-state index contributed by atoms with van der Waals surface area (Å²) in [6.45, 7) is 19.7. The van der Waals surface area contributed by atoms with Gasteiger partial charge in [0.05, 0.1) is 43.0 Å². The molecule has 0 spiro atoms. The Morgan fingerprint density at radius 1 is 1.11 bits per heavy atom. The first-order chi connectivity index (χ1) is 31.3. The van der Waals surface area contributed by atoms with Crippen molar-refractivity contribution in [3.63, 3.8) is 0 Å². The summed E-state index contributed by atoms with van der Waals surface area (Å²) in [5.74, 6) is -0.377. The van der Waals surface area contributed by atoms with Crippen LogP contribution in [-0.2, 0) is 46.3 Å². The molecule has 9 rings (SSSR count). The summed E-state index contributed by atoms with van der Waals surface area (Å²) >= 11 is 1.42. The predicted octanol–water partition coefficient (Wildman–Crippen LogP) is 7.22. The number of hydrogen-bond donors (Lipinski definition) is 2. The largest absolute Gasteiger partial charge is 0.464 e. The average molecular weight is 910 g/mol. The highest BCUT2D eigenvalue weighted by atomic mass is 32.1. The summed E-state index contributed by atoms with van der Waals surface area (Å²) in [6, 6.07) is 7.50. The first-order valence-electron chi connectivity index (χ1n) is 23.9. The Morgan fingerprint density at radius 2 is 1.92 bits per heavy atom. The number of aryl methyl sites for hydroxylation is 1. The molecular formula is C50H67N7O7S. The molecule has 6 bridgehead atoms.